The molecule has 3 heteroatoms. The molecule has 22 heavy (non-hydrogen) atoms. The smallest absolute Gasteiger partial charge is 0.127 e. The average Bonchev–Trinajstić information content (AvgIpc) is 2.53. The van der Waals surface area contributed by atoms with E-state index in [0.29, 0.717) is 10.9 Å². The maximum Gasteiger partial charge on any atom is 0.127 e. The van der Waals surface area contributed by atoms with E-state index >= 15 is 0 Å². The molecule has 0 spiro atoms. The van der Waals surface area contributed by atoms with Gasteiger partial charge < -0.3 is 0 Å². The fourth-order valence-electron chi connectivity index (χ4n) is 3.19. The van der Waals surface area contributed by atoms with E-state index in [-0.39, 0.29) is 5.82 Å². The summed E-state index contributed by atoms with van der Waals surface area (Å²) in [6.45, 7) is 3.20. The van der Waals surface area contributed by atoms with Crippen LogP contribution < -0.4 is 0 Å². The topological polar surface area (TPSA) is 3.24 Å². The van der Waals surface area contributed by atoms with E-state index in [4.69, 9.17) is 11.6 Å². The summed E-state index contributed by atoms with van der Waals surface area (Å²) in [6.07, 6.45) is 3.09. The van der Waals surface area contributed by atoms with Crippen molar-refractivity contribution in [3.8, 4) is 0 Å². The molecule has 0 atom stereocenters. The third-order valence-electron chi connectivity index (χ3n) is 4.48. The van der Waals surface area contributed by atoms with Crippen molar-refractivity contribution in [2.24, 2.45) is 5.92 Å². The van der Waals surface area contributed by atoms with E-state index in [1.54, 1.807) is 6.07 Å². The molecule has 0 radical (unpaired) electrons. The lowest BCUT2D eigenvalue weighted by Crippen LogP contribution is -2.33. The van der Waals surface area contributed by atoms with Gasteiger partial charge in [-0.1, -0.05) is 48.0 Å². The van der Waals surface area contributed by atoms with Crippen LogP contribution in [0.25, 0.3) is 0 Å². The van der Waals surface area contributed by atoms with Gasteiger partial charge in [-0.15, -0.1) is 0 Å². The zero-order valence-electron chi connectivity index (χ0n) is 12.6. The molecule has 116 valence electrons. The Labute approximate surface area is 136 Å². The van der Waals surface area contributed by atoms with Gasteiger partial charge in [-0.2, -0.15) is 0 Å². The maximum atomic E-state index is 13.9. The highest BCUT2D eigenvalue weighted by atomic mass is 35.5. The van der Waals surface area contributed by atoms with Gasteiger partial charge in [0.2, 0.25) is 0 Å². The number of benzene rings is 2. The standard InChI is InChI=1S/C19H21ClFN/c20-18-7-6-17(19(21)13-18)12-15-8-10-22(11-9-15)14-16-4-2-1-3-5-16/h1-7,13,15H,8-12,14H2. The monoisotopic (exact) mass is 317 g/mol. The number of likely N-dealkylation sites (tertiary alicyclic amines) is 1. The molecule has 0 unspecified atom stereocenters. The third-order valence-corrected chi connectivity index (χ3v) is 4.71. The minimum atomic E-state index is -0.167. The van der Waals surface area contributed by atoms with Crippen molar-refractivity contribution in [2.75, 3.05) is 13.1 Å². The quantitative estimate of drug-likeness (QED) is 0.772. The van der Waals surface area contributed by atoms with Gasteiger partial charge in [-0.05, 0) is 61.5 Å². The molecule has 1 heterocycles. The van der Waals surface area contributed by atoms with Crippen molar-refractivity contribution in [3.05, 3.63) is 70.5 Å². The van der Waals surface area contributed by atoms with Crippen molar-refractivity contribution < 1.29 is 4.39 Å². The molecule has 0 aliphatic carbocycles. The molecule has 0 saturated carbocycles. The summed E-state index contributed by atoms with van der Waals surface area (Å²) in [5.41, 5.74) is 2.16. The number of rotatable bonds is 4. The second-order valence-electron chi connectivity index (χ2n) is 6.14. The Bertz CT molecular complexity index is 606. The summed E-state index contributed by atoms with van der Waals surface area (Å²) in [7, 11) is 0. The van der Waals surface area contributed by atoms with Crippen LogP contribution in [0.2, 0.25) is 5.02 Å². The highest BCUT2D eigenvalue weighted by Gasteiger charge is 2.20. The third kappa shape index (κ3) is 4.08. The molecule has 0 N–H and O–H groups in total. The maximum absolute atomic E-state index is 13.9. The van der Waals surface area contributed by atoms with Crippen LogP contribution in [0.4, 0.5) is 4.39 Å². The molecule has 0 amide bonds. The molecule has 1 fully saturated rings. The van der Waals surface area contributed by atoms with Gasteiger partial charge in [0.05, 0.1) is 0 Å². The Morgan fingerprint density at radius 1 is 1.05 bits per heavy atom. The van der Waals surface area contributed by atoms with Crippen LogP contribution in [0.3, 0.4) is 0 Å². The van der Waals surface area contributed by atoms with Gasteiger partial charge in [0, 0.05) is 11.6 Å². The van der Waals surface area contributed by atoms with E-state index in [0.717, 1.165) is 44.5 Å². The molecule has 2 aromatic rings. The van der Waals surface area contributed by atoms with Crippen molar-refractivity contribution in [2.45, 2.75) is 25.8 Å². The summed E-state index contributed by atoms with van der Waals surface area (Å²) in [5, 5.41) is 0.471. The van der Waals surface area contributed by atoms with Crippen molar-refractivity contribution in [3.63, 3.8) is 0 Å². The van der Waals surface area contributed by atoms with Gasteiger partial charge in [-0.25, -0.2) is 4.39 Å². The van der Waals surface area contributed by atoms with E-state index < -0.39 is 0 Å². The number of hydrogen-bond acceptors (Lipinski definition) is 1. The van der Waals surface area contributed by atoms with Gasteiger partial charge in [0.25, 0.3) is 0 Å². The van der Waals surface area contributed by atoms with Crippen LogP contribution in [-0.4, -0.2) is 18.0 Å². The predicted molar refractivity (Wildman–Crippen MR) is 89.6 cm³/mol. The van der Waals surface area contributed by atoms with Crippen LogP contribution in [0.5, 0.6) is 0 Å². The van der Waals surface area contributed by atoms with Gasteiger partial charge >= 0.3 is 0 Å². The van der Waals surface area contributed by atoms with Crippen LogP contribution in [0.1, 0.15) is 24.0 Å². The second kappa shape index (κ2) is 7.26. The lowest BCUT2D eigenvalue weighted by atomic mass is 9.90. The summed E-state index contributed by atoms with van der Waals surface area (Å²) < 4.78 is 13.9. The Balaban J connectivity index is 1.51. The second-order valence-corrected chi connectivity index (χ2v) is 6.58. The minimum absolute atomic E-state index is 0.167. The van der Waals surface area contributed by atoms with Crippen molar-refractivity contribution in [1.82, 2.24) is 4.90 Å². The summed E-state index contributed by atoms with van der Waals surface area (Å²) in [4.78, 5) is 2.49. The summed E-state index contributed by atoms with van der Waals surface area (Å²) >= 11 is 5.81. The fraction of sp³-hybridized carbons (Fsp3) is 0.368. The summed E-state index contributed by atoms with van der Waals surface area (Å²) in [6, 6.07) is 15.6. The predicted octanol–water partition coefficient (Wildman–Crippen LogP) is 4.93. The SMILES string of the molecule is Fc1cc(Cl)ccc1CC1CCN(Cc2ccccc2)CC1. The molecule has 0 bridgehead atoms. The van der Waals surface area contributed by atoms with Crippen LogP contribution >= 0.6 is 11.6 Å². The van der Waals surface area contributed by atoms with Gasteiger partial charge in [0.15, 0.2) is 0 Å². The average molecular weight is 318 g/mol. The fourth-order valence-corrected chi connectivity index (χ4v) is 3.35. The molecule has 0 aromatic heterocycles. The van der Waals surface area contributed by atoms with Gasteiger partial charge in [-0.3, -0.25) is 4.90 Å². The van der Waals surface area contributed by atoms with Crippen LogP contribution in [0.15, 0.2) is 48.5 Å². The summed E-state index contributed by atoms with van der Waals surface area (Å²) in [5.74, 6) is 0.405. The number of piperidine rings is 1. The molecule has 3 rings (SSSR count). The number of nitrogens with zero attached hydrogens (tertiary/aromatic N) is 1. The first-order valence-corrected chi connectivity index (χ1v) is 8.29. The molecular weight excluding hydrogens is 297 g/mol. The Morgan fingerprint density at radius 3 is 2.45 bits per heavy atom. The van der Waals surface area contributed by atoms with E-state index in [1.165, 1.54) is 11.6 Å². The normalized spacial score (nSPS) is 16.8. The minimum Gasteiger partial charge on any atom is -0.299 e. The largest absolute Gasteiger partial charge is 0.299 e. The number of hydrogen-bond donors (Lipinski definition) is 0. The molecule has 1 aliphatic rings. The van der Waals surface area contributed by atoms with E-state index in [2.05, 4.69) is 35.2 Å². The van der Waals surface area contributed by atoms with E-state index in [9.17, 15) is 4.39 Å². The van der Waals surface area contributed by atoms with E-state index in [1.807, 2.05) is 6.07 Å². The Morgan fingerprint density at radius 2 is 1.77 bits per heavy atom. The first kappa shape index (κ1) is 15.5. The molecule has 1 saturated heterocycles. The zero-order valence-corrected chi connectivity index (χ0v) is 13.4. The molecule has 1 nitrogen and oxygen atoms in total. The first-order chi connectivity index (χ1) is 10.7. The van der Waals surface area contributed by atoms with Gasteiger partial charge in [0.1, 0.15) is 5.82 Å². The van der Waals surface area contributed by atoms with Crippen molar-refractivity contribution >= 4 is 11.6 Å². The lowest BCUT2D eigenvalue weighted by molar-refractivity contribution is 0.176. The highest BCUT2D eigenvalue weighted by molar-refractivity contribution is 6.30. The number of halogens is 2. The molecule has 1 aliphatic heterocycles. The molecular formula is C19H21ClFN. The highest BCUT2D eigenvalue weighted by Crippen LogP contribution is 2.25. The molecule has 2 aromatic carbocycles. The zero-order chi connectivity index (χ0) is 15.4. The van der Waals surface area contributed by atoms with Crippen LogP contribution in [-0.2, 0) is 13.0 Å². The first-order valence-electron chi connectivity index (χ1n) is 7.91. The Kier molecular flexibility index (Phi) is 5.12. The van der Waals surface area contributed by atoms with Crippen LogP contribution in [0, 0.1) is 11.7 Å². The van der Waals surface area contributed by atoms with Crippen molar-refractivity contribution in [1.29, 1.82) is 0 Å². The lowest BCUT2D eigenvalue weighted by Gasteiger charge is -2.32. The Hall–Kier alpha value is -1.38.